The van der Waals surface area contributed by atoms with E-state index in [9.17, 15) is 9.59 Å². The molecule has 1 aromatic rings. The summed E-state index contributed by atoms with van der Waals surface area (Å²) in [7, 11) is 1.52. The lowest BCUT2D eigenvalue weighted by Crippen LogP contribution is -2.43. The average Bonchev–Trinajstić information content (AvgIpc) is 2.57. The third-order valence-corrected chi connectivity index (χ3v) is 3.45. The summed E-state index contributed by atoms with van der Waals surface area (Å²) in [5, 5.41) is 5.45. The molecule has 4 N–H and O–H groups in total. The van der Waals surface area contributed by atoms with Crippen molar-refractivity contribution in [3.63, 3.8) is 0 Å². The zero-order valence-electron chi connectivity index (χ0n) is 15.1. The molecule has 25 heavy (non-hydrogen) atoms. The summed E-state index contributed by atoms with van der Waals surface area (Å²) in [5.41, 5.74) is 6.65. The van der Waals surface area contributed by atoms with Crippen LogP contribution in [0, 0.1) is 5.92 Å². The van der Waals surface area contributed by atoms with E-state index in [1.54, 1.807) is 18.2 Å². The lowest BCUT2D eigenvalue weighted by Gasteiger charge is -2.16. The lowest BCUT2D eigenvalue weighted by molar-refractivity contribution is -0.124. The maximum Gasteiger partial charge on any atom is 0.257 e. The zero-order valence-corrected chi connectivity index (χ0v) is 15.9. The van der Waals surface area contributed by atoms with Crippen LogP contribution in [0.25, 0.3) is 0 Å². The molecule has 1 aromatic carbocycles. The number of hydrogen-bond acceptors (Lipinski definition) is 5. The van der Waals surface area contributed by atoms with Gasteiger partial charge in [0.05, 0.1) is 13.2 Å². The molecule has 0 radical (unpaired) electrons. The number of hydrogen-bond donors (Lipinski definition) is 3. The van der Waals surface area contributed by atoms with E-state index in [0.717, 1.165) is 5.56 Å². The SMILES string of the molecule is CCNC(=O)COc1ccc(CNC(=O)[C@@H](N)C(C)C)cc1OC.Cl. The summed E-state index contributed by atoms with van der Waals surface area (Å²) in [5.74, 6) is 0.653. The quantitative estimate of drug-likeness (QED) is 0.604. The summed E-state index contributed by atoms with van der Waals surface area (Å²) in [4.78, 5) is 23.3. The van der Waals surface area contributed by atoms with E-state index in [2.05, 4.69) is 10.6 Å². The first-order valence-electron chi connectivity index (χ1n) is 7.98. The van der Waals surface area contributed by atoms with Gasteiger partial charge >= 0.3 is 0 Å². The Morgan fingerprint density at radius 1 is 1.20 bits per heavy atom. The molecule has 0 bridgehead atoms. The average molecular weight is 374 g/mol. The van der Waals surface area contributed by atoms with Crippen LogP contribution < -0.4 is 25.8 Å². The zero-order chi connectivity index (χ0) is 18.1. The molecule has 0 unspecified atom stereocenters. The van der Waals surface area contributed by atoms with E-state index in [1.807, 2.05) is 20.8 Å². The lowest BCUT2D eigenvalue weighted by atomic mass is 10.0. The summed E-state index contributed by atoms with van der Waals surface area (Å²) in [6, 6.07) is 4.74. The maximum absolute atomic E-state index is 11.9. The van der Waals surface area contributed by atoms with Crippen LogP contribution >= 0.6 is 12.4 Å². The van der Waals surface area contributed by atoms with Gasteiger partial charge in [-0.1, -0.05) is 19.9 Å². The Bertz CT molecular complexity index is 567. The largest absolute Gasteiger partial charge is 0.493 e. The molecule has 0 aliphatic heterocycles. The summed E-state index contributed by atoms with van der Waals surface area (Å²) >= 11 is 0. The van der Waals surface area contributed by atoms with E-state index < -0.39 is 6.04 Å². The fourth-order valence-electron chi connectivity index (χ4n) is 1.94. The van der Waals surface area contributed by atoms with Crippen molar-refractivity contribution >= 4 is 24.2 Å². The number of carbonyl (C=O) groups excluding carboxylic acids is 2. The second-order valence-electron chi connectivity index (χ2n) is 5.71. The molecule has 0 fully saturated rings. The predicted molar refractivity (Wildman–Crippen MR) is 99.1 cm³/mol. The number of likely N-dealkylation sites (N-methyl/N-ethyl adjacent to an activating group) is 1. The molecule has 0 aliphatic rings. The number of amides is 2. The highest BCUT2D eigenvalue weighted by atomic mass is 35.5. The first kappa shape index (κ1) is 23.0. The molecule has 0 saturated heterocycles. The minimum absolute atomic E-state index is 0. The molecule has 7 nitrogen and oxygen atoms in total. The van der Waals surface area contributed by atoms with Gasteiger partial charge < -0.3 is 25.8 Å². The molecular formula is C17H28ClN3O4. The van der Waals surface area contributed by atoms with Gasteiger partial charge in [0.1, 0.15) is 0 Å². The molecule has 0 heterocycles. The van der Waals surface area contributed by atoms with E-state index in [4.69, 9.17) is 15.2 Å². The van der Waals surface area contributed by atoms with Crippen LogP contribution in [0.1, 0.15) is 26.3 Å². The Morgan fingerprint density at radius 3 is 2.44 bits per heavy atom. The smallest absolute Gasteiger partial charge is 0.257 e. The van der Waals surface area contributed by atoms with Gasteiger partial charge in [-0.15, -0.1) is 12.4 Å². The van der Waals surface area contributed by atoms with Crippen LogP contribution in [0.3, 0.4) is 0 Å². The molecular weight excluding hydrogens is 346 g/mol. The highest BCUT2D eigenvalue weighted by Gasteiger charge is 2.17. The minimum atomic E-state index is -0.536. The van der Waals surface area contributed by atoms with E-state index in [1.165, 1.54) is 7.11 Å². The third-order valence-electron chi connectivity index (χ3n) is 3.45. The van der Waals surface area contributed by atoms with Gasteiger partial charge in [0.25, 0.3) is 5.91 Å². The van der Waals surface area contributed by atoms with Gasteiger partial charge in [0, 0.05) is 13.1 Å². The number of ether oxygens (including phenoxy) is 2. The normalized spacial score (nSPS) is 11.3. The standard InChI is InChI=1S/C17H27N3O4.ClH/c1-5-19-15(21)10-24-13-7-6-12(8-14(13)23-4)9-20-17(22)16(18)11(2)3;/h6-8,11,16H,5,9-10,18H2,1-4H3,(H,19,21)(H,20,22);1H/t16-;/m0./s1. The molecule has 142 valence electrons. The van der Waals surface area contributed by atoms with Crippen LogP contribution in [0.4, 0.5) is 0 Å². The first-order chi connectivity index (χ1) is 11.4. The van der Waals surface area contributed by atoms with Crippen LogP contribution in [0.5, 0.6) is 11.5 Å². The van der Waals surface area contributed by atoms with Crippen molar-refractivity contribution in [1.29, 1.82) is 0 Å². The van der Waals surface area contributed by atoms with Crippen LogP contribution in [0.15, 0.2) is 18.2 Å². The molecule has 2 amide bonds. The number of carbonyl (C=O) groups is 2. The van der Waals surface area contributed by atoms with Gasteiger partial charge in [0.15, 0.2) is 18.1 Å². The third kappa shape index (κ3) is 7.62. The van der Waals surface area contributed by atoms with Crippen LogP contribution in [-0.4, -0.2) is 38.1 Å². The van der Waals surface area contributed by atoms with Crippen molar-refractivity contribution in [3.8, 4) is 11.5 Å². The molecule has 1 atom stereocenters. The fraction of sp³-hybridized carbons (Fsp3) is 0.529. The summed E-state index contributed by atoms with van der Waals surface area (Å²) in [6.45, 7) is 6.45. The summed E-state index contributed by atoms with van der Waals surface area (Å²) < 4.78 is 10.7. The van der Waals surface area contributed by atoms with Gasteiger partial charge in [-0.3, -0.25) is 9.59 Å². The van der Waals surface area contributed by atoms with Crippen molar-refractivity contribution in [2.45, 2.75) is 33.4 Å². The molecule has 0 aromatic heterocycles. The Kier molecular flexibility index (Phi) is 10.6. The highest BCUT2D eigenvalue weighted by molar-refractivity contribution is 5.85. The highest BCUT2D eigenvalue weighted by Crippen LogP contribution is 2.28. The second kappa shape index (κ2) is 11.5. The van der Waals surface area contributed by atoms with Crippen molar-refractivity contribution in [3.05, 3.63) is 23.8 Å². The Morgan fingerprint density at radius 2 is 1.88 bits per heavy atom. The topological polar surface area (TPSA) is 103 Å². The van der Waals surface area contributed by atoms with Crippen LogP contribution in [-0.2, 0) is 16.1 Å². The predicted octanol–water partition coefficient (Wildman–Crippen LogP) is 1.23. The van der Waals surface area contributed by atoms with Crippen molar-refractivity contribution < 1.29 is 19.1 Å². The fourth-order valence-corrected chi connectivity index (χ4v) is 1.94. The van der Waals surface area contributed by atoms with Crippen molar-refractivity contribution in [2.75, 3.05) is 20.3 Å². The van der Waals surface area contributed by atoms with Crippen molar-refractivity contribution in [1.82, 2.24) is 10.6 Å². The second-order valence-corrected chi connectivity index (χ2v) is 5.71. The number of nitrogens with one attached hydrogen (secondary N) is 2. The number of methoxy groups -OCH3 is 1. The number of nitrogens with two attached hydrogens (primary N) is 1. The van der Waals surface area contributed by atoms with E-state index in [0.29, 0.717) is 24.6 Å². The van der Waals surface area contributed by atoms with Crippen molar-refractivity contribution in [2.24, 2.45) is 11.7 Å². The van der Waals surface area contributed by atoms with Gasteiger partial charge in [-0.25, -0.2) is 0 Å². The van der Waals surface area contributed by atoms with E-state index >= 15 is 0 Å². The van der Waals surface area contributed by atoms with E-state index in [-0.39, 0.29) is 36.7 Å². The number of halogens is 1. The van der Waals surface area contributed by atoms with Crippen LogP contribution in [0.2, 0.25) is 0 Å². The Hall–Kier alpha value is -1.99. The molecule has 0 spiro atoms. The van der Waals surface area contributed by atoms with Gasteiger partial charge in [-0.2, -0.15) is 0 Å². The molecule has 8 heteroatoms. The number of rotatable bonds is 9. The Balaban J connectivity index is 0.00000576. The maximum atomic E-state index is 11.9. The molecule has 0 aliphatic carbocycles. The molecule has 1 rings (SSSR count). The molecule has 0 saturated carbocycles. The number of benzene rings is 1. The van der Waals surface area contributed by atoms with Gasteiger partial charge in [0.2, 0.25) is 5.91 Å². The first-order valence-corrected chi connectivity index (χ1v) is 7.98. The summed E-state index contributed by atoms with van der Waals surface area (Å²) in [6.07, 6.45) is 0. The monoisotopic (exact) mass is 373 g/mol. The Labute approximate surface area is 155 Å². The van der Waals surface area contributed by atoms with Gasteiger partial charge in [-0.05, 0) is 30.5 Å². The minimum Gasteiger partial charge on any atom is -0.493 e.